The molecular weight excluding hydrogens is 576 g/mol. The van der Waals surface area contributed by atoms with E-state index < -0.39 is 66.6 Å². The first-order chi connectivity index (χ1) is 20.8. The quantitative estimate of drug-likeness (QED) is 0.164. The van der Waals surface area contributed by atoms with Gasteiger partial charge in [-0.2, -0.15) is 0 Å². The predicted molar refractivity (Wildman–Crippen MR) is 170 cm³/mol. The lowest BCUT2D eigenvalue weighted by Gasteiger charge is -2.72. The molecule has 0 aromatic rings. The van der Waals surface area contributed by atoms with Crippen LogP contribution in [0.3, 0.4) is 0 Å². The van der Waals surface area contributed by atoms with E-state index >= 15 is 0 Å². The third-order valence-corrected chi connectivity index (χ3v) is 14.4. The van der Waals surface area contributed by atoms with E-state index in [-0.39, 0.29) is 39.9 Å². The lowest BCUT2D eigenvalue weighted by Crippen LogP contribution is -2.71. The van der Waals surface area contributed by atoms with Crippen LogP contribution >= 0.6 is 0 Å². The SMILES string of the molecule is CC(C)=CCC[C@](C)(O)[C@H]1CC[C@]2(C)[C@@H]1[C@H](O)C[C@@H]1[C@@]3(C)CC[C@H](O)C(C)(C)[C@H]3[C@@H](O[C@@H]3O[C@@H](CO)[C@@H](O)[C@H](O)[C@@H]3O)C[C@]12C. The molecule has 0 bridgehead atoms. The molecule has 5 fully saturated rings. The topological polar surface area (TPSA) is 160 Å². The first-order valence-electron chi connectivity index (χ1n) is 17.4. The first kappa shape index (κ1) is 35.7. The van der Waals surface area contributed by atoms with Crippen LogP contribution in [0.1, 0.15) is 107 Å². The monoisotopic (exact) mass is 638 g/mol. The molecule has 4 saturated carbocycles. The molecular formula is C36H62O9. The molecule has 260 valence electrons. The molecule has 9 nitrogen and oxygen atoms in total. The van der Waals surface area contributed by atoms with Crippen molar-refractivity contribution in [3.8, 4) is 0 Å². The number of allylic oxidation sites excluding steroid dienone is 2. The Labute approximate surface area is 270 Å². The fraction of sp³-hybridized carbons (Fsp3) is 0.944. The fourth-order valence-corrected chi connectivity index (χ4v) is 11.9. The molecule has 1 saturated heterocycles. The molecule has 16 atom stereocenters. The summed E-state index contributed by atoms with van der Waals surface area (Å²) in [5.41, 5.74) is -1.21. The van der Waals surface area contributed by atoms with Gasteiger partial charge in [0.05, 0.1) is 30.5 Å². The van der Waals surface area contributed by atoms with E-state index in [9.17, 15) is 35.7 Å². The summed E-state index contributed by atoms with van der Waals surface area (Å²) >= 11 is 0. The highest BCUT2D eigenvalue weighted by Crippen LogP contribution is 2.76. The highest BCUT2D eigenvalue weighted by atomic mass is 16.7. The lowest BCUT2D eigenvalue weighted by molar-refractivity contribution is -0.346. The van der Waals surface area contributed by atoms with Gasteiger partial charge < -0.3 is 45.2 Å². The van der Waals surface area contributed by atoms with Crippen molar-refractivity contribution in [2.45, 2.75) is 161 Å². The minimum absolute atomic E-state index is 0.0548. The zero-order chi connectivity index (χ0) is 33.5. The maximum atomic E-state index is 12.1. The Morgan fingerprint density at radius 3 is 2.22 bits per heavy atom. The minimum atomic E-state index is -1.54. The third kappa shape index (κ3) is 5.48. The highest BCUT2D eigenvalue weighted by Gasteiger charge is 2.73. The zero-order valence-corrected chi connectivity index (χ0v) is 28.8. The molecule has 9 heteroatoms. The Morgan fingerprint density at radius 2 is 1.60 bits per heavy atom. The van der Waals surface area contributed by atoms with Crippen molar-refractivity contribution in [1.82, 2.24) is 0 Å². The molecule has 0 radical (unpaired) electrons. The summed E-state index contributed by atoms with van der Waals surface area (Å²) in [7, 11) is 0. The largest absolute Gasteiger partial charge is 0.394 e. The second-order valence-corrected chi connectivity index (χ2v) is 17.5. The number of rotatable bonds is 7. The van der Waals surface area contributed by atoms with Gasteiger partial charge in [-0.05, 0) is 117 Å². The van der Waals surface area contributed by atoms with E-state index in [1.54, 1.807) is 0 Å². The number of fused-ring (bicyclic) bond motifs is 5. The summed E-state index contributed by atoms with van der Waals surface area (Å²) < 4.78 is 12.6. The molecule has 0 amide bonds. The van der Waals surface area contributed by atoms with Gasteiger partial charge in [0.2, 0.25) is 0 Å². The second-order valence-electron chi connectivity index (χ2n) is 17.5. The standard InChI is InChI=1S/C36H62O9/c1-19(2)10-9-13-36(8,43)20-11-15-34(6)26(20)21(38)16-24-33(5)14-12-25(39)32(3,4)30(33)22(17-35(24,34)7)44-31-29(42)28(41)27(40)23(18-37)45-31/h10,20-31,37-43H,9,11-18H2,1-8H3/t20-,21+,22-,23-,24+,25-,26-,27+,28-,29-,30+,31+,33+,34+,35+,36-/m0/s1. The van der Waals surface area contributed by atoms with Gasteiger partial charge in [-0.25, -0.2) is 0 Å². The van der Waals surface area contributed by atoms with Crippen LogP contribution in [0.4, 0.5) is 0 Å². The zero-order valence-electron chi connectivity index (χ0n) is 28.8. The van der Waals surface area contributed by atoms with Gasteiger partial charge in [0.25, 0.3) is 0 Å². The Balaban J connectivity index is 1.54. The Bertz CT molecular complexity index is 1100. The molecule has 1 aliphatic heterocycles. The van der Waals surface area contributed by atoms with Crippen LogP contribution in [-0.4, -0.2) is 97.0 Å². The van der Waals surface area contributed by atoms with Crippen LogP contribution in [0.2, 0.25) is 0 Å². The van der Waals surface area contributed by atoms with Gasteiger partial charge in [-0.3, -0.25) is 0 Å². The summed E-state index contributed by atoms with van der Waals surface area (Å²) in [6, 6.07) is 0. The number of ether oxygens (including phenoxy) is 2. The molecule has 0 aromatic heterocycles. The lowest BCUT2D eigenvalue weighted by atomic mass is 9.34. The molecule has 5 rings (SSSR count). The van der Waals surface area contributed by atoms with Crippen molar-refractivity contribution < 1.29 is 45.2 Å². The molecule has 0 unspecified atom stereocenters. The van der Waals surface area contributed by atoms with E-state index in [1.165, 1.54) is 5.57 Å². The maximum absolute atomic E-state index is 12.1. The van der Waals surface area contributed by atoms with Crippen molar-refractivity contribution in [2.24, 2.45) is 45.3 Å². The molecule has 4 aliphatic carbocycles. The average molecular weight is 639 g/mol. The molecule has 7 N–H and O–H groups in total. The predicted octanol–water partition coefficient (Wildman–Crippen LogP) is 3.30. The summed E-state index contributed by atoms with van der Waals surface area (Å²) in [6.07, 6.45) is -0.603. The maximum Gasteiger partial charge on any atom is 0.186 e. The van der Waals surface area contributed by atoms with E-state index in [0.29, 0.717) is 25.7 Å². The summed E-state index contributed by atoms with van der Waals surface area (Å²) in [5.74, 6) is -0.186. The summed E-state index contributed by atoms with van der Waals surface area (Å²) in [4.78, 5) is 0. The highest BCUT2D eigenvalue weighted by molar-refractivity contribution is 5.22. The normalized spacial score (nSPS) is 52.2. The van der Waals surface area contributed by atoms with E-state index in [0.717, 1.165) is 25.7 Å². The third-order valence-electron chi connectivity index (χ3n) is 14.4. The van der Waals surface area contributed by atoms with Crippen LogP contribution in [0.5, 0.6) is 0 Å². The van der Waals surface area contributed by atoms with Crippen LogP contribution in [-0.2, 0) is 9.47 Å². The average Bonchev–Trinajstić information content (AvgIpc) is 3.33. The fourth-order valence-electron chi connectivity index (χ4n) is 11.9. The smallest absolute Gasteiger partial charge is 0.186 e. The van der Waals surface area contributed by atoms with E-state index in [2.05, 4.69) is 54.5 Å². The second kappa shape index (κ2) is 12.1. The number of aliphatic hydroxyl groups excluding tert-OH is 6. The number of hydrogen-bond donors (Lipinski definition) is 7. The molecule has 1 heterocycles. The summed E-state index contributed by atoms with van der Waals surface area (Å²) in [6.45, 7) is 16.6. The van der Waals surface area contributed by atoms with Crippen LogP contribution < -0.4 is 0 Å². The summed E-state index contributed by atoms with van der Waals surface area (Å²) in [5, 5.41) is 77.2. The Hall–Kier alpha value is -0.620. The van der Waals surface area contributed by atoms with Crippen LogP contribution in [0.25, 0.3) is 0 Å². The Kier molecular flexibility index (Phi) is 9.56. The van der Waals surface area contributed by atoms with Gasteiger partial charge in [0, 0.05) is 0 Å². The van der Waals surface area contributed by atoms with Crippen LogP contribution in [0.15, 0.2) is 11.6 Å². The van der Waals surface area contributed by atoms with Gasteiger partial charge in [0.15, 0.2) is 6.29 Å². The van der Waals surface area contributed by atoms with Crippen molar-refractivity contribution in [3.63, 3.8) is 0 Å². The van der Waals surface area contributed by atoms with Gasteiger partial charge in [-0.1, -0.05) is 46.3 Å². The number of aliphatic hydroxyl groups is 7. The van der Waals surface area contributed by atoms with Gasteiger partial charge >= 0.3 is 0 Å². The van der Waals surface area contributed by atoms with E-state index in [4.69, 9.17) is 9.47 Å². The molecule has 5 aliphatic rings. The molecule has 45 heavy (non-hydrogen) atoms. The van der Waals surface area contributed by atoms with Crippen molar-refractivity contribution in [3.05, 3.63) is 11.6 Å². The minimum Gasteiger partial charge on any atom is -0.394 e. The van der Waals surface area contributed by atoms with Crippen molar-refractivity contribution >= 4 is 0 Å². The molecule has 0 spiro atoms. The van der Waals surface area contributed by atoms with E-state index in [1.807, 2.05) is 6.92 Å². The van der Waals surface area contributed by atoms with Crippen molar-refractivity contribution in [2.75, 3.05) is 6.61 Å². The van der Waals surface area contributed by atoms with Crippen molar-refractivity contribution in [1.29, 1.82) is 0 Å². The van der Waals surface area contributed by atoms with Gasteiger partial charge in [0.1, 0.15) is 24.4 Å². The number of hydrogen-bond acceptors (Lipinski definition) is 9. The first-order valence-corrected chi connectivity index (χ1v) is 17.4. The molecule has 0 aromatic carbocycles. The van der Waals surface area contributed by atoms with Crippen LogP contribution in [0, 0.1) is 45.3 Å². The van der Waals surface area contributed by atoms with Gasteiger partial charge in [-0.15, -0.1) is 0 Å². The Morgan fingerprint density at radius 1 is 0.933 bits per heavy atom.